The topological polar surface area (TPSA) is 77.8 Å². The van der Waals surface area contributed by atoms with E-state index in [0.717, 1.165) is 16.7 Å². The second kappa shape index (κ2) is 10.3. The summed E-state index contributed by atoms with van der Waals surface area (Å²) in [7, 11) is 1.60. The Morgan fingerprint density at radius 2 is 1.73 bits per heavy atom. The minimum Gasteiger partial charge on any atom is -0.497 e. The van der Waals surface area contributed by atoms with Crippen LogP contribution in [0, 0.1) is 6.92 Å². The maximum absolute atomic E-state index is 13.0. The lowest BCUT2D eigenvalue weighted by molar-refractivity contribution is -0.162. The first-order valence-electron chi connectivity index (χ1n) is 10.7. The van der Waals surface area contributed by atoms with E-state index >= 15 is 0 Å². The molecule has 1 aromatic heterocycles. The standard InChI is InChI=1S/C27H29NO5/c1-19-16-24(25(29)22-11-13-23(32-4)14-12-22)28(17-19)15-5-6-20-7-9-21(10-8-20)18-33-27(2,3)26(30)31/h5-14,16-17H,15,18H2,1-4H3,(H,30,31). The number of carbonyl (C=O) groups excluding carboxylic acids is 1. The number of carbonyl (C=O) groups is 2. The number of aliphatic carboxylic acids is 1. The average molecular weight is 448 g/mol. The lowest BCUT2D eigenvalue weighted by Crippen LogP contribution is -2.34. The Balaban J connectivity index is 1.64. The number of allylic oxidation sites excluding steroid dienone is 1. The predicted molar refractivity (Wildman–Crippen MR) is 128 cm³/mol. The number of ketones is 1. The zero-order chi connectivity index (χ0) is 24.0. The van der Waals surface area contributed by atoms with Gasteiger partial charge in [0.2, 0.25) is 5.78 Å². The van der Waals surface area contributed by atoms with Gasteiger partial charge in [-0.3, -0.25) is 4.79 Å². The summed E-state index contributed by atoms with van der Waals surface area (Å²) in [4.78, 5) is 24.1. The third-order valence-corrected chi connectivity index (χ3v) is 5.32. The molecule has 0 aliphatic heterocycles. The average Bonchev–Trinajstić information content (AvgIpc) is 3.18. The number of carboxylic acid groups (broad SMARTS) is 1. The highest BCUT2D eigenvalue weighted by molar-refractivity contribution is 6.08. The minimum absolute atomic E-state index is 0.0345. The van der Waals surface area contributed by atoms with Crippen molar-refractivity contribution in [1.29, 1.82) is 0 Å². The van der Waals surface area contributed by atoms with E-state index in [2.05, 4.69) is 0 Å². The summed E-state index contributed by atoms with van der Waals surface area (Å²) in [5.41, 5.74) is 2.94. The van der Waals surface area contributed by atoms with E-state index in [-0.39, 0.29) is 12.4 Å². The third kappa shape index (κ3) is 6.20. The molecule has 0 saturated heterocycles. The van der Waals surface area contributed by atoms with Gasteiger partial charge >= 0.3 is 5.97 Å². The predicted octanol–water partition coefficient (Wildman–Crippen LogP) is 5.13. The van der Waals surface area contributed by atoms with Crippen molar-refractivity contribution in [2.24, 2.45) is 0 Å². The molecule has 2 aromatic carbocycles. The van der Waals surface area contributed by atoms with E-state index in [4.69, 9.17) is 14.6 Å². The van der Waals surface area contributed by atoms with Crippen molar-refractivity contribution in [3.63, 3.8) is 0 Å². The van der Waals surface area contributed by atoms with Gasteiger partial charge in [-0.15, -0.1) is 0 Å². The first-order valence-corrected chi connectivity index (χ1v) is 10.7. The van der Waals surface area contributed by atoms with Crippen LogP contribution in [0.25, 0.3) is 6.08 Å². The van der Waals surface area contributed by atoms with Crippen molar-refractivity contribution in [2.45, 2.75) is 39.5 Å². The fourth-order valence-corrected chi connectivity index (χ4v) is 3.24. The lowest BCUT2D eigenvalue weighted by atomic mass is 10.1. The minimum atomic E-state index is -1.23. The lowest BCUT2D eigenvalue weighted by Gasteiger charge is -2.20. The highest BCUT2D eigenvalue weighted by Crippen LogP contribution is 2.18. The van der Waals surface area contributed by atoms with Crippen LogP contribution in [0.5, 0.6) is 5.75 Å². The number of nitrogens with zero attached hydrogens (tertiary/aromatic N) is 1. The van der Waals surface area contributed by atoms with Crippen molar-refractivity contribution >= 4 is 17.8 Å². The molecule has 0 bridgehead atoms. The molecule has 1 heterocycles. The molecule has 0 spiro atoms. The molecule has 0 amide bonds. The molecule has 0 atom stereocenters. The van der Waals surface area contributed by atoms with Crippen molar-refractivity contribution in [3.05, 3.63) is 94.8 Å². The maximum atomic E-state index is 13.0. The molecule has 3 aromatic rings. The Bertz CT molecular complexity index is 1140. The summed E-state index contributed by atoms with van der Waals surface area (Å²) in [6.07, 6.45) is 5.96. The van der Waals surface area contributed by atoms with E-state index in [1.165, 1.54) is 13.8 Å². The van der Waals surface area contributed by atoms with Crippen molar-refractivity contribution < 1.29 is 24.2 Å². The van der Waals surface area contributed by atoms with Gasteiger partial charge in [-0.25, -0.2) is 4.79 Å². The van der Waals surface area contributed by atoms with E-state index in [0.29, 0.717) is 23.6 Å². The number of hydrogen-bond donors (Lipinski definition) is 1. The maximum Gasteiger partial charge on any atom is 0.335 e. The summed E-state index contributed by atoms with van der Waals surface area (Å²) >= 11 is 0. The second-order valence-corrected chi connectivity index (χ2v) is 8.36. The number of carboxylic acids is 1. The Kier molecular flexibility index (Phi) is 7.51. The first-order chi connectivity index (χ1) is 15.7. The smallest absolute Gasteiger partial charge is 0.335 e. The zero-order valence-corrected chi connectivity index (χ0v) is 19.4. The number of methoxy groups -OCH3 is 1. The normalized spacial score (nSPS) is 11.6. The molecule has 0 aliphatic rings. The molecule has 0 aliphatic carbocycles. The summed E-state index contributed by atoms with van der Waals surface area (Å²) in [6, 6.07) is 16.7. The molecule has 6 nitrogen and oxygen atoms in total. The van der Waals surface area contributed by atoms with Crippen LogP contribution in [0.2, 0.25) is 0 Å². The Morgan fingerprint density at radius 3 is 2.33 bits per heavy atom. The van der Waals surface area contributed by atoms with Crippen LogP contribution in [0.15, 0.2) is 66.9 Å². The Labute approximate surface area is 194 Å². The van der Waals surface area contributed by atoms with E-state index in [1.54, 1.807) is 31.4 Å². The molecule has 172 valence electrons. The monoisotopic (exact) mass is 447 g/mol. The number of ether oxygens (including phenoxy) is 2. The molecule has 0 saturated carbocycles. The number of benzene rings is 2. The largest absolute Gasteiger partial charge is 0.497 e. The van der Waals surface area contributed by atoms with E-state index in [1.807, 2.05) is 60.2 Å². The molecule has 0 fully saturated rings. The molecule has 33 heavy (non-hydrogen) atoms. The fourth-order valence-electron chi connectivity index (χ4n) is 3.24. The Morgan fingerprint density at radius 1 is 1.06 bits per heavy atom. The second-order valence-electron chi connectivity index (χ2n) is 8.36. The summed E-state index contributed by atoms with van der Waals surface area (Å²) in [5, 5.41) is 9.13. The van der Waals surface area contributed by atoms with Crippen molar-refractivity contribution in [2.75, 3.05) is 7.11 Å². The fraction of sp³-hybridized carbons (Fsp3) is 0.259. The SMILES string of the molecule is COc1ccc(C(=O)c2cc(C)cn2CC=Cc2ccc(COC(C)(C)C(=O)O)cc2)cc1. The van der Waals surface area contributed by atoms with Gasteiger partial charge in [-0.2, -0.15) is 0 Å². The molecule has 0 radical (unpaired) electrons. The molecular weight excluding hydrogens is 418 g/mol. The molecular formula is C27H29NO5. The molecule has 1 N–H and O–H groups in total. The summed E-state index contributed by atoms with van der Waals surface area (Å²) < 4.78 is 12.6. The van der Waals surface area contributed by atoms with Crippen LogP contribution >= 0.6 is 0 Å². The van der Waals surface area contributed by atoms with Gasteiger partial charge in [0, 0.05) is 18.3 Å². The van der Waals surface area contributed by atoms with E-state index < -0.39 is 11.6 Å². The van der Waals surface area contributed by atoms with Crippen LogP contribution in [0.1, 0.15) is 46.6 Å². The van der Waals surface area contributed by atoms with Crippen LogP contribution in [0.3, 0.4) is 0 Å². The van der Waals surface area contributed by atoms with Crippen LogP contribution in [-0.4, -0.2) is 34.1 Å². The van der Waals surface area contributed by atoms with Gasteiger partial charge < -0.3 is 19.1 Å². The summed E-state index contributed by atoms with van der Waals surface area (Å²) in [6.45, 7) is 5.81. The number of hydrogen-bond acceptors (Lipinski definition) is 4. The molecule has 0 unspecified atom stereocenters. The van der Waals surface area contributed by atoms with Crippen molar-refractivity contribution in [3.8, 4) is 5.75 Å². The number of aryl methyl sites for hydroxylation is 1. The van der Waals surface area contributed by atoms with Gasteiger partial charge in [-0.05, 0) is 67.8 Å². The van der Waals surface area contributed by atoms with Gasteiger partial charge in [-0.1, -0.05) is 36.4 Å². The highest BCUT2D eigenvalue weighted by atomic mass is 16.5. The van der Waals surface area contributed by atoms with E-state index in [9.17, 15) is 9.59 Å². The number of aromatic nitrogens is 1. The first kappa shape index (κ1) is 24.0. The van der Waals surface area contributed by atoms with Crippen LogP contribution < -0.4 is 4.74 Å². The number of rotatable bonds is 10. The van der Waals surface area contributed by atoms with Gasteiger partial charge in [0.1, 0.15) is 5.75 Å². The van der Waals surface area contributed by atoms with Crippen LogP contribution in [0.4, 0.5) is 0 Å². The van der Waals surface area contributed by atoms with Gasteiger partial charge in [0.25, 0.3) is 0 Å². The Hall–Kier alpha value is -3.64. The molecule has 3 rings (SSSR count). The van der Waals surface area contributed by atoms with Crippen molar-refractivity contribution in [1.82, 2.24) is 4.57 Å². The third-order valence-electron chi connectivity index (χ3n) is 5.32. The molecule has 6 heteroatoms. The van der Waals surface area contributed by atoms with Crippen LogP contribution in [-0.2, 0) is 22.7 Å². The quantitative estimate of drug-likeness (QED) is 0.436. The zero-order valence-electron chi connectivity index (χ0n) is 19.4. The highest BCUT2D eigenvalue weighted by Gasteiger charge is 2.27. The van der Waals surface area contributed by atoms with Gasteiger partial charge in [0.15, 0.2) is 5.60 Å². The summed E-state index contributed by atoms with van der Waals surface area (Å²) in [5.74, 6) is -0.316. The van der Waals surface area contributed by atoms with Gasteiger partial charge in [0.05, 0.1) is 19.4 Å².